The number of ether oxygens (including phenoxy) is 2. The van der Waals surface area contributed by atoms with Crippen LogP contribution < -0.4 is 4.74 Å². The van der Waals surface area contributed by atoms with Crippen LogP contribution in [0.15, 0.2) is 35.4 Å². The Morgan fingerprint density at radius 2 is 2.16 bits per heavy atom. The van der Waals surface area contributed by atoms with E-state index in [4.69, 9.17) is 14.7 Å². The van der Waals surface area contributed by atoms with Crippen molar-refractivity contribution in [2.75, 3.05) is 13.7 Å². The van der Waals surface area contributed by atoms with E-state index in [9.17, 15) is 4.79 Å². The van der Waals surface area contributed by atoms with Gasteiger partial charge in [-0.05, 0) is 43.5 Å². The molecule has 0 spiro atoms. The summed E-state index contributed by atoms with van der Waals surface area (Å²) in [5.74, 6) is 0.185. The molecule has 0 aliphatic rings. The SMILES string of the molecule is CCOC(=O)/C(C#N)=C(/C)Cc1cccc(OC)c1. The monoisotopic (exact) mass is 259 g/mol. The van der Waals surface area contributed by atoms with Crippen molar-refractivity contribution in [1.82, 2.24) is 0 Å². The first-order valence-electron chi connectivity index (χ1n) is 6.02. The lowest BCUT2D eigenvalue weighted by Gasteiger charge is -2.07. The second kappa shape index (κ2) is 7.22. The first-order valence-corrected chi connectivity index (χ1v) is 6.02. The first kappa shape index (κ1) is 14.8. The highest BCUT2D eigenvalue weighted by Crippen LogP contribution is 2.17. The number of methoxy groups -OCH3 is 1. The van der Waals surface area contributed by atoms with Crippen LogP contribution in [0.3, 0.4) is 0 Å². The molecule has 0 heterocycles. The Labute approximate surface area is 113 Å². The molecule has 0 fully saturated rings. The molecule has 100 valence electrons. The molecule has 0 saturated heterocycles. The third-order valence-corrected chi connectivity index (χ3v) is 2.62. The summed E-state index contributed by atoms with van der Waals surface area (Å²) in [5, 5.41) is 9.04. The molecule has 0 unspecified atom stereocenters. The highest BCUT2D eigenvalue weighted by molar-refractivity contribution is 5.93. The minimum atomic E-state index is -0.564. The third-order valence-electron chi connectivity index (χ3n) is 2.62. The Morgan fingerprint density at radius 3 is 2.74 bits per heavy atom. The fourth-order valence-electron chi connectivity index (χ4n) is 1.70. The topological polar surface area (TPSA) is 59.3 Å². The maximum Gasteiger partial charge on any atom is 0.348 e. The van der Waals surface area contributed by atoms with Crippen molar-refractivity contribution >= 4 is 5.97 Å². The molecule has 1 aromatic rings. The van der Waals surface area contributed by atoms with Gasteiger partial charge in [-0.3, -0.25) is 0 Å². The first-order chi connectivity index (χ1) is 9.12. The minimum absolute atomic E-state index is 0.0738. The Kier molecular flexibility index (Phi) is 5.62. The molecular formula is C15H17NO3. The van der Waals surface area contributed by atoms with Crippen LogP contribution in [0.4, 0.5) is 0 Å². The van der Waals surface area contributed by atoms with Gasteiger partial charge in [-0.1, -0.05) is 12.1 Å². The lowest BCUT2D eigenvalue weighted by atomic mass is 10.0. The number of hydrogen-bond acceptors (Lipinski definition) is 4. The smallest absolute Gasteiger partial charge is 0.348 e. The van der Waals surface area contributed by atoms with Crippen molar-refractivity contribution in [2.24, 2.45) is 0 Å². The van der Waals surface area contributed by atoms with Crippen LogP contribution in [0.1, 0.15) is 19.4 Å². The second-order valence-electron chi connectivity index (χ2n) is 4.02. The molecule has 0 amide bonds. The molecule has 1 rings (SSSR count). The molecule has 0 atom stereocenters. The van der Waals surface area contributed by atoms with Crippen molar-refractivity contribution in [3.63, 3.8) is 0 Å². The molecule has 4 heteroatoms. The molecule has 4 nitrogen and oxygen atoms in total. The van der Waals surface area contributed by atoms with Gasteiger partial charge in [0.05, 0.1) is 13.7 Å². The highest BCUT2D eigenvalue weighted by atomic mass is 16.5. The number of nitriles is 1. The Morgan fingerprint density at radius 1 is 1.42 bits per heavy atom. The van der Waals surface area contributed by atoms with Gasteiger partial charge in [0.1, 0.15) is 17.4 Å². The van der Waals surface area contributed by atoms with E-state index in [1.807, 2.05) is 30.3 Å². The van der Waals surface area contributed by atoms with Crippen molar-refractivity contribution in [3.05, 3.63) is 41.0 Å². The van der Waals surface area contributed by atoms with Gasteiger partial charge < -0.3 is 9.47 Å². The zero-order chi connectivity index (χ0) is 14.3. The number of allylic oxidation sites excluding steroid dienone is 1. The average Bonchev–Trinajstić information content (AvgIpc) is 2.40. The summed E-state index contributed by atoms with van der Waals surface area (Å²) in [6, 6.07) is 9.43. The van der Waals surface area contributed by atoms with Crippen LogP contribution in [0.25, 0.3) is 0 Å². The summed E-state index contributed by atoms with van der Waals surface area (Å²) in [6.45, 7) is 3.73. The molecule has 0 aliphatic heterocycles. The van der Waals surface area contributed by atoms with Crippen molar-refractivity contribution in [2.45, 2.75) is 20.3 Å². The van der Waals surface area contributed by atoms with Crippen LogP contribution >= 0.6 is 0 Å². The molecule has 0 N–H and O–H groups in total. The van der Waals surface area contributed by atoms with Crippen molar-refractivity contribution < 1.29 is 14.3 Å². The zero-order valence-corrected chi connectivity index (χ0v) is 11.4. The summed E-state index contributed by atoms with van der Waals surface area (Å²) >= 11 is 0. The number of benzene rings is 1. The van der Waals surface area contributed by atoms with E-state index in [0.717, 1.165) is 11.3 Å². The Bertz CT molecular complexity index is 526. The fraction of sp³-hybridized carbons (Fsp3) is 0.333. The van der Waals surface area contributed by atoms with E-state index < -0.39 is 5.97 Å². The standard InChI is InChI=1S/C15H17NO3/c1-4-19-15(17)14(10-16)11(2)8-12-6-5-7-13(9-12)18-3/h5-7,9H,4,8H2,1-3H3/b14-11-. The number of rotatable bonds is 5. The molecule has 0 bridgehead atoms. The lowest BCUT2D eigenvalue weighted by molar-refractivity contribution is -0.138. The van der Waals surface area contributed by atoms with Crippen molar-refractivity contribution in [3.8, 4) is 11.8 Å². The number of nitrogens with zero attached hydrogens (tertiary/aromatic N) is 1. The van der Waals surface area contributed by atoms with Gasteiger partial charge in [0, 0.05) is 0 Å². The average molecular weight is 259 g/mol. The third kappa shape index (κ3) is 4.14. The molecule has 0 saturated carbocycles. The lowest BCUT2D eigenvalue weighted by Crippen LogP contribution is -2.09. The van der Waals surface area contributed by atoms with E-state index in [1.165, 1.54) is 0 Å². The minimum Gasteiger partial charge on any atom is -0.497 e. The van der Waals surface area contributed by atoms with Crippen LogP contribution in [0.2, 0.25) is 0 Å². The van der Waals surface area contributed by atoms with E-state index in [0.29, 0.717) is 12.0 Å². The predicted molar refractivity (Wildman–Crippen MR) is 71.6 cm³/mol. The van der Waals surface area contributed by atoms with E-state index in [1.54, 1.807) is 21.0 Å². The van der Waals surface area contributed by atoms with Gasteiger partial charge in [-0.15, -0.1) is 0 Å². The van der Waals surface area contributed by atoms with Crippen LogP contribution in [0.5, 0.6) is 5.75 Å². The quantitative estimate of drug-likeness (QED) is 0.463. The van der Waals surface area contributed by atoms with Gasteiger partial charge in [0.25, 0.3) is 0 Å². The van der Waals surface area contributed by atoms with E-state index >= 15 is 0 Å². The molecular weight excluding hydrogens is 242 g/mol. The summed E-state index contributed by atoms with van der Waals surface area (Å²) in [6.07, 6.45) is 0.513. The van der Waals surface area contributed by atoms with Gasteiger partial charge >= 0.3 is 5.97 Å². The highest BCUT2D eigenvalue weighted by Gasteiger charge is 2.13. The van der Waals surface area contributed by atoms with Gasteiger partial charge in [-0.2, -0.15) is 5.26 Å². The zero-order valence-electron chi connectivity index (χ0n) is 11.4. The Balaban J connectivity index is 2.95. The van der Waals surface area contributed by atoms with Gasteiger partial charge in [0.2, 0.25) is 0 Å². The summed E-state index contributed by atoms with van der Waals surface area (Å²) in [7, 11) is 1.60. The fourth-order valence-corrected chi connectivity index (χ4v) is 1.70. The van der Waals surface area contributed by atoms with E-state index in [2.05, 4.69) is 0 Å². The predicted octanol–water partition coefficient (Wildman–Crippen LogP) is 2.64. The largest absolute Gasteiger partial charge is 0.497 e. The molecule has 0 aromatic heterocycles. The molecule has 1 aromatic carbocycles. The van der Waals surface area contributed by atoms with Gasteiger partial charge in [-0.25, -0.2) is 4.79 Å². The number of carbonyl (C=O) groups excluding carboxylic acids is 1. The molecule has 19 heavy (non-hydrogen) atoms. The number of hydrogen-bond donors (Lipinski definition) is 0. The Hall–Kier alpha value is -2.28. The van der Waals surface area contributed by atoms with Crippen LogP contribution in [-0.2, 0) is 16.0 Å². The summed E-state index contributed by atoms with van der Waals surface area (Å²) in [5.41, 5.74) is 1.74. The normalized spacial score (nSPS) is 11.3. The maximum atomic E-state index is 11.6. The maximum absolute atomic E-state index is 11.6. The van der Waals surface area contributed by atoms with Crippen molar-refractivity contribution in [1.29, 1.82) is 5.26 Å². The molecule has 0 aliphatic carbocycles. The number of carbonyl (C=O) groups is 1. The van der Waals surface area contributed by atoms with E-state index in [-0.39, 0.29) is 12.2 Å². The summed E-state index contributed by atoms with van der Waals surface area (Å²) in [4.78, 5) is 11.6. The number of esters is 1. The van der Waals surface area contributed by atoms with Crippen LogP contribution in [0, 0.1) is 11.3 Å². The van der Waals surface area contributed by atoms with Gasteiger partial charge in [0.15, 0.2) is 0 Å². The second-order valence-corrected chi connectivity index (χ2v) is 4.02. The molecule has 0 radical (unpaired) electrons. The summed E-state index contributed by atoms with van der Waals surface area (Å²) < 4.78 is 9.99. The van der Waals surface area contributed by atoms with Crippen LogP contribution in [-0.4, -0.2) is 19.7 Å².